The Labute approximate surface area is 115 Å². The summed E-state index contributed by atoms with van der Waals surface area (Å²) in [5.41, 5.74) is 0.112. The van der Waals surface area contributed by atoms with E-state index in [0.29, 0.717) is 17.6 Å². The lowest BCUT2D eigenvalue weighted by Crippen LogP contribution is -2.43. The maximum Gasteiger partial charge on any atom is 0.258 e. The molecule has 0 spiro atoms. The first-order valence-electron chi connectivity index (χ1n) is 5.50. The third kappa shape index (κ3) is 4.87. The Morgan fingerprint density at radius 3 is 2.67 bits per heavy atom. The predicted octanol–water partition coefficient (Wildman–Crippen LogP) is 2.56. The monoisotopic (exact) mass is 313 g/mol. The second-order valence-corrected chi connectivity index (χ2v) is 5.80. The molecule has 0 radical (unpaired) electrons. The van der Waals surface area contributed by atoms with Crippen molar-refractivity contribution < 1.29 is 14.3 Å². The summed E-state index contributed by atoms with van der Waals surface area (Å²) >= 11 is 3.26. The number of ether oxygens (including phenoxy) is 1. The van der Waals surface area contributed by atoms with Gasteiger partial charge in [-0.25, -0.2) is 0 Å². The van der Waals surface area contributed by atoms with Crippen LogP contribution in [0.1, 0.15) is 31.1 Å². The van der Waals surface area contributed by atoms with Crippen molar-refractivity contribution >= 4 is 28.1 Å². The zero-order valence-electron chi connectivity index (χ0n) is 10.6. The van der Waals surface area contributed by atoms with Gasteiger partial charge in [0.05, 0.1) is 5.56 Å². The van der Waals surface area contributed by atoms with Crippen molar-refractivity contribution in [3.8, 4) is 5.75 Å². The Morgan fingerprint density at radius 2 is 2.11 bits per heavy atom. The van der Waals surface area contributed by atoms with Crippen LogP contribution in [0, 0.1) is 0 Å². The van der Waals surface area contributed by atoms with Crippen LogP contribution in [0.25, 0.3) is 0 Å². The number of halogens is 1. The van der Waals surface area contributed by atoms with Crippen molar-refractivity contribution in [2.24, 2.45) is 0 Å². The van der Waals surface area contributed by atoms with Crippen LogP contribution in [0.3, 0.4) is 0 Å². The van der Waals surface area contributed by atoms with E-state index in [1.807, 2.05) is 20.8 Å². The molecule has 0 saturated heterocycles. The SMILES string of the molecule is CC(C)(C)NC(=O)COc1ccc(Br)cc1C=O. The zero-order chi connectivity index (χ0) is 13.8. The molecule has 0 aliphatic carbocycles. The van der Waals surface area contributed by atoms with Crippen molar-refractivity contribution in [3.63, 3.8) is 0 Å². The zero-order valence-corrected chi connectivity index (χ0v) is 12.2. The Hall–Kier alpha value is -1.36. The topological polar surface area (TPSA) is 55.4 Å². The highest BCUT2D eigenvalue weighted by atomic mass is 79.9. The molecule has 1 aromatic carbocycles. The first kappa shape index (κ1) is 14.7. The summed E-state index contributed by atoms with van der Waals surface area (Å²) in [7, 11) is 0. The third-order valence-electron chi connectivity index (χ3n) is 1.97. The molecule has 1 amide bonds. The minimum atomic E-state index is -0.298. The van der Waals surface area contributed by atoms with Gasteiger partial charge >= 0.3 is 0 Å². The second-order valence-electron chi connectivity index (χ2n) is 4.89. The van der Waals surface area contributed by atoms with Crippen molar-refractivity contribution in [2.75, 3.05) is 6.61 Å². The highest BCUT2D eigenvalue weighted by Crippen LogP contribution is 2.21. The molecule has 0 aliphatic heterocycles. The lowest BCUT2D eigenvalue weighted by Gasteiger charge is -2.20. The summed E-state index contributed by atoms with van der Waals surface area (Å²) in [6, 6.07) is 5.05. The van der Waals surface area contributed by atoms with Gasteiger partial charge in [0.2, 0.25) is 0 Å². The normalized spacial score (nSPS) is 10.9. The molecule has 1 N–H and O–H groups in total. The van der Waals surface area contributed by atoms with Gasteiger partial charge in [-0.05, 0) is 39.0 Å². The molecule has 0 saturated carbocycles. The molecule has 0 heterocycles. The van der Waals surface area contributed by atoms with E-state index in [1.165, 1.54) is 0 Å². The summed E-state index contributed by atoms with van der Waals surface area (Å²) in [4.78, 5) is 22.4. The van der Waals surface area contributed by atoms with E-state index < -0.39 is 0 Å². The van der Waals surface area contributed by atoms with E-state index >= 15 is 0 Å². The molecule has 98 valence electrons. The van der Waals surface area contributed by atoms with Gasteiger partial charge in [0, 0.05) is 10.0 Å². The van der Waals surface area contributed by atoms with Crippen LogP contribution in [-0.2, 0) is 4.79 Å². The average Bonchev–Trinajstić information content (AvgIpc) is 2.24. The van der Waals surface area contributed by atoms with E-state index in [2.05, 4.69) is 21.2 Å². The highest BCUT2D eigenvalue weighted by molar-refractivity contribution is 9.10. The number of aldehydes is 1. The number of nitrogens with one attached hydrogen (secondary N) is 1. The average molecular weight is 314 g/mol. The summed E-state index contributed by atoms with van der Waals surface area (Å²) in [6.07, 6.45) is 0.696. The van der Waals surface area contributed by atoms with Crippen molar-refractivity contribution in [2.45, 2.75) is 26.3 Å². The molecule has 0 aromatic heterocycles. The Morgan fingerprint density at radius 1 is 1.44 bits per heavy atom. The van der Waals surface area contributed by atoms with Gasteiger partial charge in [0.15, 0.2) is 12.9 Å². The minimum absolute atomic E-state index is 0.111. The summed E-state index contributed by atoms with van der Waals surface area (Å²) in [5, 5.41) is 2.78. The molecule has 0 atom stereocenters. The number of benzene rings is 1. The lowest BCUT2D eigenvalue weighted by atomic mass is 10.1. The maximum absolute atomic E-state index is 11.6. The number of hydrogen-bond acceptors (Lipinski definition) is 3. The molecule has 18 heavy (non-hydrogen) atoms. The van der Waals surface area contributed by atoms with Crippen molar-refractivity contribution in [1.29, 1.82) is 0 Å². The molecule has 0 fully saturated rings. The van der Waals surface area contributed by atoms with Gasteiger partial charge in [-0.2, -0.15) is 0 Å². The van der Waals surface area contributed by atoms with Crippen LogP contribution >= 0.6 is 15.9 Å². The van der Waals surface area contributed by atoms with Gasteiger partial charge in [0.25, 0.3) is 5.91 Å². The maximum atomic E-state index is 11.6. The molecular formula is C13H16BrNO3. The highest BCUT2D eigenvalue weighted by Gasteiger charge is 2.14. The van der Waals surface area contributed by atoms with Crippen molar-refractivity contribution in [1.82, 2.24) is 5.32 Å². The molecular weight excluding hydrogens is 298 g/mol. The predicted molar refractivity (Wildman–Crippen MR) is 72.9 cm³/mol. The van der Waals surface area contributed by atoms with Gasteiger partial charge < -0.3 is 10.1 Å². The first-order chi connectivity index (χ1) is 8.31. The summed E-state index contributed by atoms with van der Waals surface area (Å²) < 4.78 is 6.11. The number of hydrogen-bond donors (Lipinski definition) is 1. The fourth-order valence-electron chi connectivity index (χ4n) is 1.34. The Balaban J connectivity index is 2.64. The van der Waals surface area contributed by atoms with E-state index in [-0.39, 0.29) is 18.1 Å². The number of carbonyl (C=O) groups excluding carboxylic acids is 2. The van der Waals surface area contributed by atoms with Gasteiger partial charge in [-0.3, -0.25) is 9.59 Å². The quantitative estimate of drug-likeness (QED) is 0.869. The van der Waals surface area contributed by atoms with E-state index in [0.717, 1.165) is 4.47 Å². The largest absolute Gasteiger partial charge is 0.483 e. The molecule has 1 rings (SSSR count). The molecule has 0 aliphatic rings. The molecule has 1 aromatic rings. The van der Waals surface area contributed by atoms with Crippen LogP contribution in [0.2, 0.25) is 0 Å². The van der Waals surface area contributed by atoms with Gasteiger partial charge in [-0.15, -0.1) is 0 Å². The van der Waals surface area contributed by atoms with Crippen LogP contribution in [0.4, 0.5) is 0 Å². The number of amides is 1. The second kappa shape index (κ2) is 6.00. The van der Waals surface area contributed by atoms with Crippen LogP contribution < -0.4 is 10.1 Å². The Kier molecular flexibility index (Phi) is 4.90. The molecule has 5 heteroatoms. The smallest absolute Gasteiger partial charge is 0.258 e. The molecule has 4 nitrogen and oxygen atoms in total. The van der Waals surface area contributed by atoms with Crippen molar-refractivity contribution in [3.05, 3.63) is 28.2 Å². The fourth-order valence-corrected chi connectivity index (χ4v) is 1.72. The molecule has 0 bridgehead atoms. The third-order valence-corrected chi connectivity index (χ3v) is 2.47. The Bertz CT molecular complexity index is 452. The lowest BCUT2D eigenvalue weighted by molar-refractivity contribution is -0.124. The van der Waals surface area contributed by atoms with E-state index in [1.54, 1.807) is 18.2 Å². The van der Waals surface area contributed by atoms with Crippen LogP contribution in [0.15, 0.2) is 22.7 Å². The first-order valence-corrected chi connectivity index (χ1v) is 6.29. The van der Waals surface area contributed by atoms with E-state index in [4.69, 9.17) is 4.74 Å². The number of carbonyl (C=O) groups is 2. The fraction of sp³-hybridized carbons (Fsp3) is 0.385. The van der Waals surface area contributed by atoms with Gasteiger partial charge in [0.1, 0.15) is 5.75 Å². The van der Waals surface area contributed by atoms with Crippen LogP contribution in [0.5, 0.6) is 5.75 Å². The summed E-state index contributed by atoms with van der Waals surface area (Å²) in [6.45, 7) is 5.56. The number of rotatable bonds is 4. The standard InChI is InChI=1S/C13H16BrNO3/c1-13(2,3)15-12(17)8-18-11-5-4-10(14)6-9(11)7-16/h4-7H,8H2,1-3H3,(H,15,17). The van der Waals surface area contributed by atoms with Crippen LogP contribution in [-0.4, -0.2) is 24.3 Å². The summed E-state index contributed by atoms with van der Waals surface area (Å²) in [5.74, 6) is 0.180. The molecule has 0 unspecified atom stereocenters. The van der Waals surface area contributed by atoms with Gasteiger partial charge in [-0.1, -0.05) is 15.9 Å². The van der Waals surface area contributed by atoms with E-state index in [9.17, 15) is 9.59 Å². The minimum Gasteiger partial charge on any atom is -0.483 e.